The maximum atomic E-state index is 11.2. The minimum atomic E-state index is -0.488. The summed E-state index contributed by atoms with van der Waals surface area (Å²) in [7, 11) is 1.31. The number of hydrogen-bond acceptors (Lipinski definition) is 5. The molecule has 0 fully saturated rings. The summed E-state index contributed by atoms with van der Waals surface area (Å²) in [5, 5.41) is 0.638. The summed E-state index contributed by atoms with van der Waals surface area (Å²) >= 11 is 7.55. The number of furan rings is 1. The zero-order valence-corrected chi connectivity index (χ0v) is 11.8. The Morgan fingerprint density at radius 2 is 2.21 bits per heavy atom. The molecule has 6 heteroatoms. The van der Waals surface area contributed by atoms with E-state index in [1.54, 1.807) is 30.3 Å². The summed E-state index contributed by atoms with van der Waals surface area (Å²) in [4.78, 5) is 12.1. The van der Waals surface area contributed by atoms with Crippen LogP contribution >= 0.6 is 23.4 Å². The Labute approximate surface area is 119 Å². The summed E-state index contributed by atoms with van der Waals surface area (Å²) in [5.41, 5.74) is 6.36. The van der Waals surface area contributed by atoms with Crippen molar-refractivity contribution in [2.45, 2.75) is 10.6 Å². The van der Waals surface area contributed by atoms with Crippen LogP contribution in [0.4, 0.5) is 5.69 Å². The van der Waals surface area contributed by atoms with Gasteiger partial charge in [0.15, 0.2) is 0 Å². The molecule has 0 bridgehead atoms. The third kappa shape index (κ3) is 3.45. The normalized spacial score (nSPS) is 10.4. The molecular formula is C13H12ClNO3S. The molecule has 0 spiro atoms. The first kappa shape index (κ1) is 13.8. The van der Waals surface area contributed by atoms with Crippen molar-refractivity contribution in [1.82, 2.24) is 0 Å². The molecule has 1 heterocycles. The number of nitrogen functional groups attached to an aromatic ring is 1. The van der Waals surface area contributed by atoms with Gasteiger partial charge in [0.2, 0.25) is 5.76 Å². The summed E-state index contributed by atoms with van der Waals surface area (Å²) < 4.78 is 9.93. The maximum Gasteiger partial charge on any atom is 0.373 e. The monoisotopic (exact) mass is 297 g/mol. The minimum absolute atomic E-state index is 0.191. The topological polar surface area (TPSA) is 65.5 Å². The summed E-state index contributed by atoms with van der Waals surface area (Å²) in [6.45, 7) is 0. The second-order valence-corrected chi connectivity index (χ2v) is 5.16. The van der Waals surface area contributed by atoms with E-state index in [9.17, 15) is 4.79 Å². The second-order valence-electron chi connectivity index (χ2n) is 3.74. The van der Waals surface area contributed by atoms with Crippen LogP contribution in [0.2, 0.25) is 5.02 Å². The number of thioether (sulfide) groups is 1. The molecule has 0 aliphatic carbocycles. The fourth-order valence-corrected chi connectivity index (χ4v) is 2.60. The summed E-state index contributed by atoms with van der Waals surface area (Å²) in [6.07, 6.45) is 0. The molecule has 100 valence electrons. The van der Waals surface area contributed by atoms with Crippen molar-refractivity contribution in [3.63, 3.8) is 0 Å². The SMILES string of the molecule is COC(=O)c1ccc(CSc2cc(N)ccc2Cl)o1. The average Bonchev–Trinajstić information content (AvgIpc) is 2.88. The fraction of sp³-hybridized carbons (Fsp3) is 0.154. The standard InChI is InChI=1S/C13H12ClNO3S/c1-17-13(16)11-5-3-9(18-11)7-19-12-6-8(15)2-4-10(12)14/h2-6H,7,15H2,1H3. The predicted octanol–water partition coefficient (Wildman–Crippen LogP) is 3.59. The first-order valence-corrected chi connectivity index (χ1v) is 6.81. The molecule has 19 heavy (non-hydrogen) atoms. The van der Waals surface area contributed by atoms with E-state index in [1.165, 1.54) is 18.9 Å². The molecule has 2 rings (SSSR count). The quantitative estimate of drug-likeness (QED) is 0.531. The number of carbonyl (C=O) groups excluding carboxylic acids is 1. The molecule has 2 N–H and O–H groups in total. The van der Waals surface area contributed by atoms with Crippen LogP contribution in [0.5, 0.6) is 0 Å². The van der Waals surface area contributed by atoms with Gasteiger partial charge < -0.3 is 14.9 Å². The van der Waals surface area contributed by atoms with Gasteiger partial charge in [0, 0.05) is 10.6 Å². The van der Waals surface area contributed by atoms with Crippen LogP contribution in [-0.2, 0) is 10.5 Å². The molecule has 2 aromatic rings. The first-order valence-electron chi connectivity index (χ1n) is 5.45. The van der Waals surface area contributed by atoms with E-state index >= 15 is 0 Å². The predicted molar refractivity (Wildman–Crippen MR) is 75.5 cm³/mol. The van der Waals surface area contributed by atoms with Crippen LogP contribution in [0.25, 0.3) is 0 Å². The highest BCUT2D eigenvalue weighted by Crippen LogP contribution is 2.31. The summed E-state index contributed by atoms with van der Waals surface area (Å²) in [5.74, 6) is 0.930. The Kier molecular flexibility index (Phi) is 4.39. The number of anilines is 1. The molecule has 0 radical (unpaired) electrons. The van der Waals surface area contributed by atoms with Crippen LogP contribution in [0, 0.1) is 0 Å². The van der Waals surface area contributed by atoms with Gasteiger partial charge in [0.25, 0.3) is 0 Å². The van der Waals surface area contributed by atoms with E-state index in [4.69, 9.17) is 21.8 Å². The highest BCUT2D eigenvalue weighted by atomic mass is 35.5. The maximum absolute atomic E-state index is 11.2. The van der Waals surface area contributed by atoms with E-state index in [0.717, 1.165) is 4.90 Å². The number of nitrogens with two attached hydrogens (primary N) is 1. The molecular weight excluding hydrogens is 286 g/mol. The Morgan fingerprint density at radius 3 is 2.95 bits per heavy atom. The zero-order chi connectivity index (χ0) is 13.8. The lowest BCUT2D eigenvalue weighted by Gasteiger charge is -2.03. The van der Waals surface area contributed by atoms with E-state index in [1.807, 2.05) is 0 Å². The average molecular weight is 298 g/mol. The lowest BCUT2D eigenvalue weighted by Crippen LogP contribution is -1.98. The van der Waals surface area contributed by atoms with Crippen molar-refractivity contribution < 1.29 is 13.9 Å². The molecule has 0 atom stereocenters. The second kappa shape index (κ2) is 6.04. The van der Waals surface area contributed by atoms with Crippen LogP contribution in [0.3, 0.4) is 0 Å². The van der Waals surface area contributed by atoms with Crippen LogP contribution in [0.1, 0.15) is 16.3 Å². The molecule has 0 saturated carbocycles. The highest BCUT2D eigenvalue weighted by Gasteiger charge is 2.11. The third-order valence-electron chi connectivity index (χ3n) is 2.37. The Balaban J connectivity index is 2.04. The van der Waals surface area contributed by atoms with Gasteiger partial charge in [-0.1, -0.05) is 11.6 Å². The molecule has 1 aromatic carbocycles. The van der Waals surface area contributed by atoms with Gasteiger partial charge >= 0.3 is 5.97 Å². The molecule has 0 saturated heterocycles. The van der Waals surface area contributed by atoms with Gasteiger partial charge in [-0.3, -0.25) is 0 Å². The first-order chi connectivity index (χ1) is 9.10. The number of halogens is 1. The molecule has 0 aliphatic heterocycles. The highest BCUT2D eigenvalue weighted by molar-refractivity contribution is 7.98. The molecule has 0 amide bonds. The van der Waals surface area contributed by atoms with Crippen molar-refractivity contribution in [1.29, 1.82) is 0 Å². The fourth-order valence-electron chi connectivity index (χ4n) is 1.45. The van der Waals surface area contributed by atoms with E-state index in [2.05, 4.69) is 4.74 Å². The Morgan fingerprint density at radius 1 is 1.42 bits per heavy atom. The lowest BCUT2D eigenvalue weighted by atomic mass is 10.3. The molecule has 1 aromatic heterocycles. The number of rotatable bonds is 4. The number of benzene rings is 1. The van der Waals surface area contributed by atoms with Crippen molar-refractivity contribution in [2.75, 3.05) is 12.8 Å². The lowest BCUT2D eigenvalue weighted by molar-refractivity contribution is 0.0563. The van der Waals surface area contributed by atoms with Gasteiger partial charge in [0.1, 0.15) is 5.76 Å². The van der Waals surface area contributed by atoms with Crippen molar-refractivity contribution in [3.8, 4) is 0 Å². The van der Waals surface area contributed by atoms with Crippen LogP contribution in [-0.4, -0.2) is 13.1 Å². The number of hydrogen-bond donors (Lipinski definition) is 1. The largest absolute Gasteiger partial charge is 0.463 e. The van der Waals surface area contributed by atoms with E-state index in [-0.39, 0.29) is 5.76 Å². The summed E-state index contributed by atoms with van der Waals surface area (Å²) in [6, 6.07) is 8.62. The van der Waals surface area contributed by atoms with Gasteiger partial charge in [0.05, 0.1) is 17.9 Å². The van der Waals surface area contributed by atoms with Crippen molar-refractivity contribution >= 4 is 35.0 Å². The Hall–Kier alpha value is -1.59. The smallest absolute Gasteiger partial charge is 0.373 e. The van der Waals surface area contributed by atoms with Gasteiger partial charge in [-0.25, -0.2) is 4.79 Å². The molecule has 4 nitrogen and oxygen atoms in total. The van der Waals surface area contributed by atoms with E-state index < -0.39 is 5.97 Å². The van der Waals surface area contributed by atoms with Gasteiger partial charge in [-0.2, -0.15) is 0 Å². The van der Waals surface area contributed by atoms with Crippen molar-refractivity contribution in [3.05, 3.63) is 46.9 Å². The zero-order valence-electron chi connectivity index (χ0n) is 10.2. The van der Waals surface area contributed by atoms with Crippen molar-refractivity contribution in [2.24, 2.45) is 0 Å². The molecule has 0 unspecified atom stereocenters. The number of carbonyl (C=O) groups is 1. The van der Waals surface area contributed by atoms with Crippen LogP contribution < -0.4 is 5.73 Å². The molecule has 0 aliphatic rings. The van der Waals surface area contributed by atoms with Crippen LogP contribution in [0.15, 0.2) is 39.6 Å². The number of methoxy groups -OCH3 is 1. The van der Waals surface area contributed by atoms with E-state index in [0.29, 0.717) is 22.2 Å². The Bertz CT molecular complexity index is 597. The number of esters is 1. The minimum Gasteiger partial charge on any atom is -0.463 e. The van der Waals surface area contributed by atoms with Gasteiger partial charge in [-0.15, -0.1) is 11.8 Å². The third-order valence-corrected chi connectivity index (χ3v) is 3.89. The number of ether oxygens (including phenoxy) is 1. The van der Waals surface area contributed by atoms with Gasteiger partial charge in [-0.05, 0) is 30.3 Å².